The molecule has 1 saturated heterocycles. The van der Waals surface area contributed by atoms with Crippen LogP contribution in [-0.2, 0) is 21.5 Å². The van der Waals surface area contributed by atoms with E-state index in [1.165, 1.54) is 10.5 Å². The predicted molar refractivity (Wildman–Crippen MR) is 133 cm³/mol. The lowest BCUT2D eigenvalue weighted by Gasteiger charge is -2.30. The van der Waals surface area contributed by atoms with E-state index in [0.717, 1.165) is 37.0 Å². The topological polar surface area (TPSA) is 117 Å². The largest absolute Gasteiger partial charge is 0.497 e. The number of benzene rings is 2. The van der Waals surface area contributed by atoms with Crippen LogP contribution in [0.4, 0.5) is 10.5 Å². The number of anilines is 1. The summed E-state index contributed by atoms with van der Waals surface area (Å²) in [6.45, 7) is 0.773. The van der Waals surface area contributed by atoms with Gasteiger partial charge in [0, 0.05) is 36.2 Å². The Bertz CT molecular complexity index is 1220. The lowest BCUT2D eigenvalue weighted by molar-refractivity contribution is -0.136. The van der Waals surface area contributed by atoms with Gasteiger partial charge in [-0.1, -0.05) is 25.0 Å². The number of urea groups is 1. The minimum Gasteiger partial charge on any atom is -0.497 e. The second-order valence-corrected chi connectivity index (χ2v) is 9.80. The standard InChI is InChI=1S/C27H30N4O5/c1-36-20-6-4-5-18(14-20)27(11-2-3-12-27)16-28-26(35)29-19-7-8-21-17(13-19)15-31(25(21)34)22-9-10-23(32)30-24(22)33/h4-8,13-14,22H,2-3,9-12,15-16H2,1H3,(H2,28,29,35)(H,30,32,33). The van der Waals surface area contributed by atoms with Crippen LogP contribution in [0.5, 0.6) is 5.75 Å². The fraction of sp³-hybridized carbons (Fsp3) is 0.407. The Morgan fingerprint density at radius 2 is 1.94 bits per heavy atom. The first-order valence-electron chi connectivity index (χ1n) is 12.4. The Morgan fingerprint density at radius 3 is 2.69 bits per heavy atom. The molecule has 9 nitrogen and oxygen atoms in total. The Hall–Kier alpha value is -3.88. The monoisotopic (exact) mass is 490 g/mol. The van der Waals surface area contributed by atoms with Gasteiger partial charge in [0.25, 0.3) is 5.91 Å². The zero-order chi connectivity index (χ0) is 25.3. The molecule has 1 aliphatic carbocycles. The highest BCUT2D eigenvalue weighted by Crippen LogP contribution is 2.41. The molecule has 0 radical (unpaired) electrons. The fourth-order valence-electron chi connectivity index (χ4n) is 5.65. The number of piperidine rings is 1. The fourth-order valence-corrected chi connectivity index (χ4v) is 5.65. The van der Waals surface area contributed by atoms with Crippen molar-refractivity contribution < 1.29 is 23.9 Å². The highest BCUT2D eigenvalue weighted by molar-refractivity contribution is 6.05. The molecule has 2 fully saturated rings. The number of amides is 5. The molecule has 2 aliphatic heterocycles. The third-order valence-electron chi connectivity index (χ3n) is 7.61. The number of carbonyl (C=O) groups is 4. The predicted octanol–water partition coefficient (Wildman–Crippen LogP) is 3.09. The minimum absolute atomic E-state index is 0.126. The molecule has 1 unspecified atom stereocenters. The molecule has 0 spiro atoms. The van der Waals surface area contributed by atoms with Crippen LogP contribution in [-0.4, -0.2) is 48.3 Å². The Labute approximate surface area is 209 Å². The van der Waals surface area contributed by atoms with Gasteiger partial charge in [-0.3, -0.25) is 19.7 Å². The lowest BCUT2D eigenvalue weighted by Crippen LogP contribution is -2.52. The average molecular weight is 491 g/mol. The smallest absolute Gasteiger partial charge is 0.319 e. The van der Waals surface area contributed by atoms with Gasteiger partial charge < -0.3 is 20.3 Å². The van der Waals surface area contributed by atoms with Crippen LogP contribution in [0.25, 0.3) is 0 Å². The third kappa shape index (κ3) is 4.53. The maximum absolute atomic E-state index is 12.9. The number of fused-ring (bicyclic) bond motifs is 1. The number of nitrogens with zero attached hydrogens (tertiary/aromatic N) is 1. The summed E-state index contributed by atoms with van der Waals surface area (Å²) in [5, 5.41) is 8.23. The summed E-state index contributed by atoms with van der Waals surface area (Å²) in [6.07, 6.45) is 4.74. The Morgan fingerprint density at radius 1 is 1.14 bits per heavy atom. The first kappa shape index (κ1) is 23.8. The number of imide groups is 1. The van der Waals surface area contributed by atoms with Crippen molar-refractivity contribution in [3.05, 3.63) is 59.2 Å². The van der Waals surface area contributed by atoms with Crippen molar-refractivity contribution >= 4 is 29.4 Å². The zero-order valence-corrected chi connectivity index (χ0v) is 20.3. The number of hydrogen-bond acceptors (Lipinski definition) is 5. The number of carbonyl (C=O) groups excluding carboxylic acids is 4. The van der Waals surface area contributed by atoms with E-state index in [1.807, 2.05) is 12.1 Å². The van der Waals surface area contributed by atoms with Gasteiger partial charge >= 0.3 is 6.03 Å². The second-order valence-electron chi connectivity index (χ2n) is 9.80. The molecular formula is C27H30N4O5. The summed E-state index contributed by atoms with van der Waals surface area (Å²) in [5.41, 5.74) is 2.87. The Kier molecular flexibility index (Phi) is 6.38. The normalized spacial score (nSPS) is 20.6. The van der Waals surface area contributed by atoms with Crippen LogP contribution in [0.15, 0.2) is 42.5 Å². The van der Waals surface area contributed by atoms with E-state index in [2.05, 4.69) is 28.1 Å². The number of hydrogen-bond donors (Lipinski definition) is 3. The minimum atomic E-state index is -0.665. The van der Waals surface area contributed by atoms with Crippen LogP contribution in [0, 0.1) is 0 Å². The average Bonchev–Trinajstić information content (AvgIpc) is 3.48. The molecule has 5 amide bonds. The summed E-state index contributed by atoms with van der Waals surface area (Å²) in [7, 11) is 1.65. The Balaban J connectivity index is 1.23. The van der Waals surface area contributed by atoms with Crippen LogP contribution in [0.2, 0.25) is 0 Å². The molecule has 1 saturated carbocycles. The van der Waals surface area contributed by atoms with Crippen LogP contribution in [0.1, 0.15) is 60.0 Å². The van der Waals surface area contributed by atoms with E-state index < -0.39 is 11.9 Å². The van der Waals surface area contributed by atoms with E-state index in [1.54, 1.807) is 25.3 Å². The van der Waals surface area contributed by atoms with Crippen molar-refractivity contribution in [2.24, 2.45) is 0 Å². The summed E-state index contributed by atoms with van der Waals surface area (Å²) in [5.74, 6) is -0.190. The number of methoxy groups -OCH3 is 1. The van der Waals surface area contributed by atoms with Crippen LogP contribution >= 0.6 is 0 Å². The molecule has 3 N–H and O–H groups in total. The summed E-state index contributed by atoms with van der Waals surface area (Å²) < 4.78 is 5.40. The van der Waals surface area contributed by atoms with E-state index in [0.29, 0.717) is 24.2 Å². The molecule has 9 heteroatoms. The lowest BCUT2D eigenvalue weighted by atomic mass is 9.78. The van der Waals surface area contributed by atoms with Gasteiger partial charge in [-0.2, -0.15) is 0 Å². The molecule has 5 rings (SSSR count). The highest BCUT2D eigenvalue weighted by Gasteiger charge is 2.39. The van der Waals surface area contributed by atoms with E-state index in [9.17, 15) is 19.2 Å². The summed E-state index contributed by atoms with van der Waals surface area (Å²) >= 11 is 0. The zero-order valence-electron chi connectivity index (χ0n) is 20.3. The molecule has 2 aromatic carbocycles. The SMILES string of the molecule is COc1cccc(C2(CNC(=O)Nc3ccc4c(c3)CN(C3CCC(=O)NC3=O)C4=O)CCCC2)c1. The summed E-state index contributed by atoms with van der Waals surface area (Å²) in [4.78, 5) is 50.9. The van der Waals surface area contributed by atoms with Gasteiger partial charge in [0.2, 0.25) is 11.8 Å². The van der Waals surface area contributed by atoms with Crippen molar-refractivity contribution in [3.8, 4) is 5.75 Å². The van der Waals surface area contributed by atoms with E-state index in [-0.39, 0.29) is 36.2 Å². The van der Waals surface area contributed by atoms with Crippen molar-refractivity contribution in [3.63, 3.8) is 0 Å². The first-order chi connectivity index (χ1) is 17.4. The molecule has 188 valence electrons. The van der Waals surface area contributed by atoms with Crippen LogP contribution < -0.4 is 20.7 Å². The van der Waals surface area contributed by atoms with Gasteiger partial charge in [-0.05, 0) is 60.7 Å². The molecule has 0 bridgehead atoms. The van der Waals surface area contributed by atoms with Crippen LogP contribution in [0.3, 0.4) is 0 Å². The summed E-state index contributed by atoms with van der Waals surface area (Å²) in [6, 6.07) is 12.2. The number of nitrogens with one attached hydrogen (secondary N) is 3. The van der Waals surface area contributed by atoms with Crippen molar-refractivity contribution in [1.82, 2.24) is 15.5 Å². The second kappa shape index (κ2) is 9.64. The van der Waals surface area contributed by atoms with E-state index in [4.69, 9.17) is 4.74 Å². The van der Waals surface area contributed by atoms with Crippen molar-refractivity contribution in [2.75, 3.05) is 19.0 Å². The third-order valence-corrected chi connectivity index (χ3v) is 7.61. The highest BCUT2D eigenvalue weighted by atomic mass is 16.5. The first-order valence-corrected chi connectivity index (χ1v) is 12.4. The van der Waals surface area contributed by atoms with E-state index >= 15 is 0 Å². The molecule has 36 heavy (non-hydrogen) atoms. The molecule has 3 aliphatic rings. The molecule has 1 atom stereocenters. The quantitative estimate of drug-likeness (QED) is 0.538. The molecule has 2 aromatic rings. The molecule has 2 heterocycles. The van der Waals surface area contributed by atoms with Crippen molar-refractivity contribution in [2.45, 2.75) is 56.5 Å². The van der Waals surface area contributed by atoms with Gasteiger partial charge in [0.15, 0.2) is 0 Å². The molecular weight excluding hydrogens is 460 g/mol. The maximum Gasteiger partial charge on any atom is 0.319 e. The van der Waals surface area contributed by atoms with Gasteiger partial charge in [0.1, 0.15) is 11.8 Å². The maximum atomic E-state index is 12.9. The van der Waals surface area contributed by atoms with Gasteiger partial charge in [-0.25, -0.2) is 4.79 Å². The number of rotatable bonds is 6. The van der Waals surface area contributed by atoms with Gasteiger partial charge in [-0.15, -0.1) is 0 Å². The van der Waals surface area contributed by atoms with Gasteiger partial charge in [0.05, 0.1) is 7.11 Å². The number of ether oxygens (including phenoxy) is 1. The molecule has 0 aromatic heterocycles. The van der Waals surface area contributed by atoms with Crippen molar-refractivity contribution in [1.29, 1.82) is 0 Å².